The zero-order valence-electron chi connectivity index (χ0n) is 17.6. The third-order valence-corrected chi connectivity index (χ3v) is 6.30. The van der Waals surface area contributed by atoms with Gasteiger partial charge >= 0.3 is 6.03 Å². The molecule has 3 N–H and O–H groups in total. The van der Waals surface area contributed by atoms with Crippen LogP contribution in [0.15, 0.2) is 24.4 Å². The number of fused-ring (bicyclic) bond motifs is 1. The molecule has 0 bridgehead atoms. The number of aromatic nitrogens is 3. The molecule has 3 heterocycles. The van der Waals surface area contributed by atoms with Gasteiger partial charge in [0.15, 0.2) is 5.13 Å². The average molecular weight is 427 g/mol. The molecular formula is C21H26N6O2S. The van der Waals surface area contributed by atoms with E-state index in [0.29, 0.717) is 18.1 Å². The number of thiazole rings is 1. The monoisotopic (exact) mass is 426 g/mol. The minimum Gasteiger partial charge on any atom is -0.368 e. The molecule has 2 aromatic heterocycles. The number of rotatable bonds is 3. The first-order valence-electron chi connectivity index (χ1n) is 9.98. The molecular weight excluding hydrogens is 400 g/mol. The number of hydrogen-bond acceptors (Lipinski definition) is 5. The summed E-state index contributed by atoms with van der Waals surface area (Å²) >= 11 is 1.40. The van der Waals surface area contributed by atoms with Gasteiger partial charge < -0.3 is 15.2 Å². The van der Waals surface area contributed by atoms with Crippen LogP contribution in [-0.2, 0) is 10.3 Å². The summed E-state index contributed by atoms with van der Waals surface area (Å²) in [6, 6.07) is 5.26. The summed E-state index contributed by atoms with van der Waals surface area (Å²) in [5.74, 6) is 0.503. The molecule has 4 rings (SSSR count). The number of urea groups is 1. The highest BCUT2D eigenvalue weighted by molar-refractivity contribution is 7.19. The second kappa shape index (κ2) is 7.39. The van der Waals surface area contributed by atoms with Gasteiger partial charge in [0, 0.05) is 18.3 Å². The van der Waals surface area contributed by atoms with Gasteiger partial charge in [-0.3, -0.25) is 10.1 Å². The van der Waals surface area contributed by atoms with Crippen molar-refractivity contribution in [2.24, 2.45) is 5.73 Å². The lowest BCUT2D eigenvalue weighted by atomic mass is 10.1. The fourth-order valence-corrected chi connectivity index (χ4v) is 4.93. The molecule has 0 unspecified atom stereocenters. The normalized spacial score (nSPS) is 16.9. The minimum absolute atomic E-state index is 0.0863. The first kappa shape index (κ1) is 20.3. The lowest BCUT2D eigenvalue weighted by molar-refractivity contribution is -0.121. The van der Waals surface area contributed by atoms with Crippen molar-refractivity contribution in [2.75, 3.05) is 11.9 Å². The van der Waals surface area contributed by atoms with Crippen molar-refractivity contribution in [3.63, 3.8) is 0 Å². The first-order chi connectivity index (χ1) is 14.1. The van der Waals surface area contributed by atoms with Gasteiger partial charge in [-0.2, -0.15) is 0 Å². The predicted octanol–water partition coefficient (Wildman–Crippen LogP) is 3.70. The highest BCUT2D eigenvalue weighted by atomic mass is 32.1. The maximum absolute atomic E-state index is 12.6. The molecule has 1 atom stereocenters. The Balaban J connectivity index is 1.59. The van der Waals surface area contributed by atoms with E-state index in [1.807, 2.05) is 19.1 Å². The van der Waals surface area contributed by atoms with E-state index in [2.05, 4.69) is 46.7 Å². The van der Waals surface area contributed by atoms with Gasteiger partial charge in [-0.15, -0.1) is 0 Å². The van der Waals surface area contributed by atoms with Crippen LogP contribution in [-0.4, -0.2) is 44.0 Å². The topological polar surface area (TPSA) is 106 Å². The number of nitrogens with two attached hydrogens (primary N) is 1. The molecule has 30 heavy (non-hydrogen) atoms. The molecule has 9 heteroatoms. The van der Waals surface area contributed by atoms with E-state index >= 15 is 0 Å². The Morgan fingerprint density at radius 2 is 2.07 bits per heavy atom. The quantitative estimate of drug-likeness (QED) is 0.666. The Bertz CT molecular complexity index is 1130. The number of benzene rings is 1. The van der Waals surface area contributed by atoms with E-state index in [-0.39, 0.29) is 11.6 Å². The summed E-state index contributed by atoms with van der Waals surface area (Å²) in [5, 5.41) is 3.30. The van der Waals surface area contributed by atoms with Crippen molar-refractivity contribution in [1.29, 1.82) is 0 Å². The Hall–Kier alpha value is -2.94. The zero-order valence-corrected chi connectivity index (χ0v) is 18.4. The fraction of sp³-hybridized carbons (Fsp3) is 0.429. The molecule has 0 spiro atoms. The number of likely N-dealkylation sites (tertiary alicyclic amines) is 1. The molecule has 1 fully saturated rings. The minimum atomic E-state index is -0.548. The van der Waals surface area contributed by atoms with E-state index in [1.165, 1.54) is 16.2 Å². The maximum Gasteiger partial charge on any atom is 0.324 e. The predicted molar refractivity (Wildman–Crippen MR) is 119 cm³/mol. The molecule has 1 aromatic carbocycles. The fourth-order valence-electron chi connectivity index (χ4n) is 4.13. The zero-order chi connectivity index (χ0) is 21.6. The lowest BCUT2D eigenvalue weighted by Crippen LogP contribution is -2.45. The Morgan fingerprint density at radius 3 is 2.77 bits per heavy atom. The number of primary amides is 1. The van der Waals surface area contributed by atoms with Gasteiger partial charge in [-0.25, -0.2) is 14.8 Å². The number of carbonyl (C=O) groups is 2. The smallest absolute Gasteiger partial charge is 0.324 e. The lowest BCUT2D eigenvalue weighted by Gasteiger charge is -2.23. The summed E-state index contributed by atoms with van der Waals surface area (Å²) in [5.41, 5.74) is 8.36. The second-order valence-electron chi connectivity index (χ2n) is 8.58. The molecule has 1 aliphatic heterocycles. The van der Waals surface area contributed by atoms with Crippen LogP contribution in [0.3, 0.4) is 0 Å². The van der Waals surface area contributed by atoms with Crippen molar-refractivity contribution in [3.8, 4) is 10.4 Å². The van der Waals surface area contributed by atoms with Crippen molar-refractivity contribution in [3.05, 3.63) is 30.2 Å². The van der Waals surface area contributed by atoms with Crippen LogP contribution in [0.4, 0.5) is 9.93 Å². The van der Waals surface area contributed by atoms with Gasteiger partial charge in [-0.05, 0) is 58.2 Å². The molecule has 0 saturated carbocycles. The largest absolute Gasteiger partial charge is 0.368 e. The highest BCUT2D eigenvalue weighted by Gasteiger charge is 2.33. The van der Waals surface area contributed by atoms with Crippen LogP contribution in [0.5, 0.6) is 0 Å². The maximum atomic E-state index is 12.6. The van der Waals surface area contributed by atoms with E-state index in [0.717, 1.165) is 33.7 Å². The van der Waals surface area contributed by atoms with Gasteiger partial charge in [0.25, 0.3) is 0 Å². The Labute approximate surface area is 179 Å². The third-order valence-electron chi connectivity index (χ3n) is 5.34. The average Bonchev–Trinajstić information content (AvgIpc) is 3.37. The van der Waals surface area contributed by atoms with Crippen LogP contribution in [0, 0.1) is 6.92 Å². The van der Waals surface area contributed by atoms with E-state index in [1.54, 1.807) is 6.20 Å². The molecule has 3 amide bonds. The van der Waals surface area contributed by atoms with Gasteiger partial charge in [0.2, 0.25) is 5.91 Å². The second-order valence-corrected chi connectivity index (χ2v) is 9.61. The standard InChI is InChI=1S/C21H26N6O2S/c1-12-24-14-8-7-13(10-16(14)27(12)21(2,3)4)17-11-23-19(30-17)25-20(29)26-9-5-6-15(26)18(22)28/h7-8,10-11,15H,5-6,9H2,1-4H3,(H2,22,28)(H,23,25,29)/t15-/m0/s1. The number of nitrogens with one attached hydrogen (secondary N) is 1. The SMILES string of the molecule is Cc1nc2ccc(-c3cnc(NC(=O)N4CCC[C@H]4C(N)=O)s3)cc2n1C(C)(C)C. The Morgan fingerprint density at radius 1 is 1.30 bits per heavy atom. The molecule has 0 radical (unpaired) electrons. The van der Waals surface area contributed by atoms with Gasteiger partial charge in [0.1, 0.15) is 11.9 Å². The molecule has 3 aromatic rings. The molecule has 1 saturated heterocycles. The number of carbonyl (C=O) groups excluding carboxylic acids is 2. The van der Waals surface area contributed by atoms with Crippen LogP contribution in [0.25, 0.3) is 21.5 Å². The summed E-state index contributed by atoms with van der Waals surface area (Å²) in [4.78, 5) is 35.6. The van der Waals surface area contributed by atoms with Crippen molar-refractivity contribution in [1.82, 2.24) is 19.4 Å². The Kier molecular flexibility index (Phi) is 5.01. The van der Waals surface area contributed by atoms with Crippen LogP contribution >= 0.6 is 11.3 Å². The molecule has 1 aliphatic rings. The van der Waals surface area contributed by atoms with E-state index < -0.39 is 11.9 Å². The number of imidazole rings is 1. The van der Waals surface area contributed by atoms with Gasteiger partial charge in [-0.1, -0.05) is 17.4 Å². The molecule has 158 valence electrons. The number of nitrogens with zero attached hydrogens (tertiary/aromatic N) is 4. The summed E-state index contributed by atoms with van der Waals surface area (Å²) in [6.45, 7) is 9.01. The molecule has 8 nitrogen and oxygen atoms in total. The van der Waals surface area contributed by atoms with Crippen LogP contribution in [0.1, 0.15) is 39.4 Å². The summed E-state index contributed by atoms with van der Waals surface area (Å²) in [7, 11) is 0. The number of amides is 3. The van der Waals surface area contributed by atoms with E-state index in [4.69, 9.17) is 5.73 Å². The summed E-state index contributed by atoms with van der Waals surface area (Å²) in [6.07, 6.45) is 3.12. The van der Waals surface area contributed by atoms with Crippen molar-refractivity contribution in [2.45, 2.75) is 52.1 Å². The highest BCUT2D eigenvalue weighted by Crippen LogP contribution is 2.33. The number of anilines is 1. The number of aryl methyl sites for hydroxylation is 1. The van der Waals surface area contributed by atoms with Crippen molar-refractivity contribution >= 4 is 39.4 Å². The van der Waals surface area contributed by atoms with Crippen molar-refractivity contribution < 1.29 is 9.59 Å². The first-order valence-corrected chi connectivity index (χ1v) is 10.8. The third kappa shape index (κ3) is 3.65. The summed E-state index contributed by atoms with van der Waals surface area (Å²) < 4.78 is 2.23. The van der Waals surface area contributed by atoms with Crippen LogP contribution in [0.2, 0.25) is 0 Å². The number of hydrogen-bond donors (Lipinski definition) is 2. The van der Waals surface area contributed by atoms with Crippen LogP contribution < -0.4 is 11.1 Å². The van der Waals surface area contributed by atoms with E-state index in [9.17, 15) is 9.59 Å². The molecule has 0 aliphatic carbocycles. The van der Waals surface area contributed by atoms with Gasteiger partial charge in [0.05, 0.1) is 15.9 Å².